The summed E-state index contributed by atoms with van der Waals surface area (Å²) >= 11 is 1.21. The van der Waals surface area contributed by atoms with Crippen LogP contribution in [0.4, 0.5) is 5.82 Å². The first-order valence-electron chi connectivity index (χ1n) is 4.87. The Morgan fingerprint density at radius 2 is 1.88 bits per heavy atom. The number of aromatic amines is 1. The van der Waals surface area contributed by atoms with Crippen molar-refractivity contribution < 1.29 is 4.98 Å². The molecule has 0 fully saturated rings. The van der Waals surface area contributed by atoms with Gasteiger partial charge in [-0.1, -0.05) is 18.7 Å². The van der Waals surface area contributed by atoms with Gasteiger partial charge in [0.05, 0.1) is 11.8 Å². The highest BCUT2D eigenvalue weighted by atomic mass is 32.2. The van der Waals surface area contributed by atoms with Crippen LogP contribution in [0.2, 0.25) is 0 Å². The number of thioether (sulfide) groups is 1. The van der Waals surface area contributed by atoms with Crippen molar-refractivity contribution in [3.8, 4) is 18.2 Å². The van der Waals surface area contributed by atoms with Crippen LogP contribution in [0.1, 0.15) is 23.6 Å². The van der Waals surface area contributed by atoms with Gasteiger partial charge in [0.2, 0.25) is 0 Å². The Balaban J connectivity index is 3.46. The largest absolute Gasteiger partial charge is 0.289 e. The molecule has 0 radical (unpaired) electrons. The number of nitrogens with two attached hydrogens (primary N) is 1. The highest BCUT2D eigenvalue weighted by molar-refractivity contribution is 7.99. The normalized spacial score (nSPS) is 9.06. The van der Waals surface area contributed by atoms with Gasteiger partial charge in [-0.3, -0.25) is 5.73 Å². The number of aromatic nitrogens is 1. The Hall–Kier alpha value is -2.23. The van der Waals surface area contributed by atoms with Gasteiger partial charge in [-0.2, -0.15) is 15.8 Å². The highest BCUT2D eigenvalue weighted by Crippen LogP contribution is 2.25. The van der Waals surface area contributed by atoms with Crippen LogP contribution in [0.5, 0.6) is 0 Å². The van der Waals surface area contributed by atoms with Crippen LogP contribution in [-0.2, 0) is 6.42 Å². The minimum atomic E-state index is 0.222. The van der Waals surface area contributed by atoms with Crippen LogP contribution in [0.25, 0.3) is 0 Å². The number of nitrogens with zero attached hydrogens (tertiary/aromatic N) is 3. The average Bonchev–Trinajstić information content (AvgIpc) is 2.35. The molecule has 0 amide bonds. The second kappa shape index (κ2) is 5.75. The summed E-state index contributed by atoms with van der Waals surface area (Å²) in [5.41, 5.74) is 7.06. The Morgan fingerprint density at radius 3 is 2.35 bits per heavy atom. The van der Waals surface area contributed by atoms with Crippen LogP contribution in [-0.4, -0.2) is 5.75 Å². The van der Waals surface area contributed by atoms with Crippen molar-refractivity contribution in [2.24, 2.45) is 0 Å². The van der Waals surface area contributed by atoms with Crippen molar-refractivity contribution in [2.75, 3.05) is 11.5 Å². The molecule has 0 saturated heterocycles. The van der Waals surface area contributed by atoms with Crippen molar-refractivity contribution in [3.63, 3.8) is 0 Å². The van der Waals surface area contributed by atoms with Crippen molar-refractivity contribution in [1.29, 1.82) is 15.8 Å². The number of hydrogen-bond donors (Lipinski definition) is 1. The van der Waals surface area contributed by atoms with Crippen LogP contribution in [0.3, 0.4) is 0 Å². The lowest BCUT2D eigenvalue weighted by Crippen LogP contribution is -2.19. The van der Waals surface area contributed by atoms with Crippen LogP contribution < -0.4 is 10.7 Å². The Bertz CT molecular complexity index is 559. The van der Waals surface area contributed by atoms with E-state index in [1.807, 2.05) is 19.1 Å². The molecule has 3 N–H and O–H groups in total. The molecule has 0 aliphatic rings. The van der Waals surface area contributed by atoms with Gasteiger partial charge in [0.15, 0.2) is 5.03 Å². The third kappa shape index (κ3) is 2.47. The standard InChI is InChI=1S/C11H9N5S/c1-2-7-8(5-13)10(15)16-11(9(7)6-14)17-4-3-12/h2,4H2,1H3,(H2,15,16)/p+1. The van der Waals surface area contributed by atoms with Gasteiger partial charge in [-0.25, -0.2) is 4.98 Å². The molecule has 0 bridgehead atoms. The zero-order chi connectivity index (χ0) is 12.8. The van der Waals surface area contributed by atoms with Gasteiger partial charge >= 0.3 is 0 Å². The van der Waals surface area contributed by atoms with Crippen molar-refractivity contribution in [2.45, 2.75) is 18.4 Å². The molecular formula is C11H10N5S+. The molecule has 84 valence electrons. The Morgan fingerprint density at radius 1 is 1.24 bits per heavy atom. The Labute approximate surface area is 103 Å². The quantitative estimate of drug-likeness (QED) is 0.797. The SMILES string of the molecule is CCc1c(C#N)c(N)[nH+]c(SCC#N)c1C#N. The topological polar surface area (TPSA) is 112 Å². The summed E-state index contributed by atoms with van der Waals surface area (Å²) in [5.74, 6) is 0.462. The maximum absolute atomic E-state index is 9.12. The molecule has 0 aliphatic heterocycles. The molecule has 1 rings (SSSR count). The summed E-state index contributed by atoms with van der Waals surface area (Å²) < 4.78 is 0. The lowest BCUT2D eigenvalue weighted by atomic mass is 10.0. The molecule has 0 aromatic carbocycles. The number of H-pyrrole nitrogens is 1. The van der Waals surface area contributed by atoms with E-state index in [2.05, 4.69) is 11.1 Å². The van der Waals surface area contributed by atoms with Gasteiger partial charge in [-0.15, -0.1) is 0 Å². The van der Waals surface area contributed by atoms with E-state index in [0.717, 1.165) is 0 Å². The van der Waals surface area contributed by atoms with E-state index < -0.39 is 0 Å². The monoisotopic (exact) mass is 244 g/mol. The van der Waals surface area contributed by atoms with Crippen LogP contribution >= 0.6 is 11.8 Å². The van der Waals surface area contributed by atoms with E-state index in [4.69, 9.17) is 21.5 Å². The lowest BCUT2D eigenvalue weighted by molar-refractivity contribution is -0.410. The van der Waals surface area contributed by atoms with E-state index in [1.165, 1.54) is 11.8 Å². The number of pyridine rings is 1. The summed E-state index contributed by atoms with van der Waals surface area (Å²) in [7, 11) is 0. The summed E-state index contributed by atoms with van der Waals surface area (Å²) in [6.07, 6.45) is 0.546. The second-order valence-electron chi connectivity index (χ2n) is 3.12. The second-order valence-corrected chi connectivity index (χ2v) is 4.11. The summed E-state index contributed by atoms with van der Waals surface area (Å²) in [4.78, 5) is 2.80. The van der Waals surface area contributed by atoms with Crippen molar-refractivity contribution in [3.05, 3.63) is 16.7 Å². The molecule has 6 heteroatoms. The molecule has 0 unspecified atom stereocenters. The van der Waals surface area contributed by atoms with Gasteiger partial charge in [0.25, 0.3) is 5.82 Å². The fourth-order valence-corrected chi connectivity index (χ4v) is 2.19. The van der Waals surface area contributed by atoms with Crippen LogP contribution in [0, 0.1) is 34.0 Å². The maximum Gasteiger partial charge on any atom is 0.289 e. The van der Waals surface area contributed by atoms with Gasteiger partial charge in [-0.05, 0) is 6.42 Å². The molecular weight excluding hydrogens is 234 g/mol. The molecule has 0 spiro atoms. The summed E-state index contributed by atoms with van der Waals surface area (Å²) in [5, 5.41) is 27.2. The smallest absolute Gasteiger partial charge is 0.286 e. The van der Waals surface area contributed by atoms with Crippen molar-refractivity contribution >= 4 is 17.6 Å². The number of nitriles is 3. The molecule has 1 aromatic rings. The molecule has 5 nitrogen and oxygen atoms in total. The first kappa shape index (κ1) is 12.8. The third-order valence-corrected chi connectivity index (χ3v) is 3.07. The number of hydrogen-bond acceptors (Lipinski definition) is 5. The molecule has 0 aliphatic carbocycles. The predicted octanol–water partition coefficient (Wildman–Crippen LogP) is 1.00. The number of anilines is 1. The molecule has 0 saturated carbocycles. The van der Waals surface area contributed by atoms with E-state index in [-0.39, 0.29) is 11.6 Å². The number of rotatable bonds is 3. The van der Waals surface area contributed by atoms with E-state index in [1.54, 1.807) is 0 Å². The fourth-order valence-electron chi connectivity index (χ4n) is 1.48. The Kier molecular flexibility index (Phi) is 4.34. The fraction of sp³-hybridized carbons (Fsp3) is 0.273. The predicted molar refractivity (Wildman–Crippen MR) is 62.6 cm³/mol. The molecule has 1 aromatic heterocycles. The zero-order valence-corrected chi connectivity index (χ0v) is 10.1. The maximum atomic E-state index is 9.12. The summed E-state index contributed by atoms with van der Waals surface area (Å²) in [6.45, 7) is 1.86. The van der Waals surface area contributed by atoms with Gasteiger partial charge < -0.3 is 0 Å². The van der Waals surface area contributed by atoms with E-state index in [9.17, 15) is 0 Å². The van der Waals surface area contributed by atoms with E-state index in [0.29, 0.717) is 28.1 Å². The van der Waals surface area contributed by atoms with Crippen molar-refractivity contribution in [1.82, 2.24) is 0 Å². The third-order valence-electron chi connectivity index (χ3n) is 2.21. The minimum absolute atomic E-state index is 0.222. The summed E-state index contributed by atoms with van der Waals surface area (Å²) in [6, 6.07) is 6.03. The zero-order valence-electron chi connectivity index (χ0n) is 9.24. The first-order chi connectivity index (χ1) is 8.19. The minimum Gasteiger partial charge on any atom is -0.286 e. The number of nitrogens with one attached hydrogen (secondary N) is 1. The van der Waals surface area contributed by atoms with Gasteiger partial charge in [0.1, 0.15) is 23.3 Å². The van der Waals surface area contributed by atoms with Gasteiger partial charge in [0, 0.05) is 5.56 Å². The molecule has 0 atom stereocenters. The first-order valence-corrected chi connectivity index (χ1v) is 5.85. The lowest BCUT2D eigenvalue weighted by Gasteiger charge is -2.06. The van der Waals surface area contributed by atoms with Crippen LogP contribution in [0.15, 0.2) is 5.03 Å². The average molecular weight is 244 g/mol. The van der Waals surface area contributed by atoms with E-state index >= 15 is 0 Å². The highest BCUT2D eigenvalue weighted by Gasteiger charge is 2.20. The number of nitrogen functional groups attached to an aromatic ring is 1. The molecule has 1 heterocycles. The molecule has 17 heavy (non-hydrogen) atoms.